The Labute approximate surface area is 141 Å². The second-order valence-electron chi connectivity index (χ2n) is 5.15. The van der Waals surface area contributed by atoms with E-state index in [2.05, 4.69) is 5.92 Å². The lowest BCUT2D eigenvalue weighted by atomic mass is 10.1. The molecule has 2 aromatic carbocycles. The Balaban J connectivity index is 1.90. The minimum absolute atomic E-state index is 0.0543. The Bertz CT molecular complexity index is 646. The van der Waals surface area contributed by atoms with Gasteiger partial charge in [-0.2, -0.15) is 0 Å². The number of esters is 2. The fourth-order valence-corrected chi connectivity index (χ4v) is 2.04. The van der Waals surface area contributed by atoms with Crippen LogP contribution in [0.1, 0.15) is 17.5 Å². The molecule has 0 saturated carbocycles. The smallest absolute Gasteiger partial charge is 0.321 e. The standard InChI is InChI=1S/C20H18O4/c1-2-9-18(19(21)23-14-16-10-5-3-6-11-16)20(22)24-15-17-12-7-4-8-13-17/h1,3-8,10-13,18H,9,14-15H2. The Morgan fingerprint density at radius 1 is 0.833 bits per heavy atom. The summed E-state index contributed by atoms with van der Waals surface area (Å²) in [6.45, 7) is 0.180. The van der Waals surface area contributed by atoms with Gasteiger partial charge in [0.2, 0.25) is 0 Å². The third-order valence-electron chi connectivity index (χ3n) is 3.34. The Morgan fingerprint density at radius 3 is 1.62 bits per heavy atom. The lowest BCUT2D eigenvalue weighted by molar-refractivity contribution is -0.163. The maximum Gasteiger partial charge on any atom is 0.321 e. The molecule has 0 aromatic heterocycles. The van der Waals surface area contributed by atoms with Crippen molar-refractivity contribution in [3.8, 4) is 12.3 Å². The van der Waals surface area contributed by atoms with Crippen molar-refractivity contribution in [2.24, 2.45) is 5.92 Å². The largest absolute Gasteiger partial charge is 0.460 e. The van der Waals surface area contributed by atoms with Crippen LogP contribution < -0.4 is 0 Å². The number of benzene rings is 2. The van der Waals surface area contributed by atoms with Gasteiger partial charge in [0.25, 0.3) is 0 Å². The van der Waals surface area contributed by atoms with Gasteiger partial charge in [-0.3, -0.25) is 9.59 Å². The van der Waals surface area contributed by atoms with Crippen LogP contribution in [0.5, 0.6) is 0 Å². The number of ether oxygens (including phenoxy) is 2. The number of carbonyl (C=O) groups is 2. The van der Waals surface area contributed by atoms with Gasteiger partial charge in [0.1, 0.15) is 13.2 Å². The van der Waals surface area contributed by atoms with E-state index in [1.807, 2.05) is 60.7 Å². The summed E-state index contributed by atoms with van der Waals surface area (Å²) < 4.78 is 10.4. The van der Waals surface area contributed by atoms with Gasteiger partial charge in [-0.1, -0.05) is 60.7 Å². The van der Waals surface area contributed by atoms with Crippen LogP contribution in [0, 0.1) is 18.3 Å². The molecule has 0 unspecified atom stereocenters. The highest BCUT2D eigenvalue weighted by Crippen LogP contribution is 2.12. The summed E-state index contributed by atoms with van der Waals surface area (Å²) in [6.07, 6.45) is 5.20. The van der Waals surface area contributed by atoms with E-state index < -0.39 is 17.9 Å². The van der Waals surface area contributed by atoms with Crippen LogP contribution in [0.3, 0.4) is 0 Å². The molecule has 2 aromatic rings. The number of hydrogen-bond donors (Lipinski definition) is 0. The van der Waals surface area contributed by atoms with Crippen LogP contribution in [0.15, 0.2) is 60.7 Å². The van der Waals surface area contributed by atoms with Crippen molar-refractivity contribution in [3.63, 3.8) is 0 Å². The molecular weight excluding hydrogens is 304 g/mol. The fraction of sp³-hybridized carbons (Fsp3) is 0.200. The van der Waals surface area contributed by atoms with E-state index >= 15 is 0 Å². The van der Waals surface area contributed by atoms with Gasteiger partial charge in [-0.15, -0.1) is 12.3 Å². The van der Waals surface area contributed by atoms with E-state index in [9.17, 15) is 9.59 Å². The second kappa shape index (κ2) is 9.16. The van der Waals surface area contributed by atoms with Gasteiger partial charge in [0.15, 0.2) is 5.92 Å². The van der Waals surface area contributed by atoms with Crippen molar-refractivity contribution in [2.75, 3.05) is 0 Å². The van der Waals surface area contributed by atoms with Gasteiger partial charge in [0, 0.05) is 6.42 Å². The first-order chi connectivity index (χ1) is 11.7. The number of hydrogen-bond acceptors (Lipinski definition) is 4. The predicted octanol–water partition coefficient (Wildman–Crippen LogP) is 3.11. The van der Waals surface area contributed by atoms with Crippen molar-refractivity contribution in [1.29, 1.82) is 0 Å². The lowest BCUT2D eigenvalue weighted by Crippen LogP contribution is -2.27. The molecule has 122 valence electrons. The minimum Gasteiger partial charge on any atom is -0.460 e. The van der Waals surface area contributed by atoms with E-state index in [0.29, 0.717) is 0 Å². The molecule has 0 bridgehead atoms. The highest BCUT2D eigenvalue weighted by atomic mass is 16.6. The molecule has 0 atom stereocenters. The fourth-order valence-electron chi connectivity index (χ4n) is 2.04. The van der Waals surface area contributed by atoms with Crippen LogP contribution in [-0.4, -0.2) is 11.9 Å². The molecule has 0 radical (unpaired) electrons. The van der Waals surface area contributed by atoms with Crippen molar-refractivity contribution in [2.45, 2.75) is 19.6 Å². The molecule has 0 aliphatic heterocycles. The summed E-state index contributed by atoms with van der Waals surface area (Å²) in [6, 6.07) is 18.4. The van der Waals surface area contributed by atoms with E-state index in [0.717, 1.165) is 11.1 Å². The molecule has 0 spiro atoms. The van der Waals surface area contributed by atoms with Gasteiger partial charge in [0.05, 0.1) is 0 Å². The quantitative estimate of drug-likeness (QED) is 0.446. The van der Waals surface area contributed by atoms with Gasteiger partial charge in [-0.05, 0) is 11.1 Å². The number of carbonyl (C=O) groups excluding carboxylic acids is 2. The molecule has 0 heterocycles. The minimum atomic E-state index is -1.11. The second-order valence-corrected chi connectivity index (χ2v) is 5.15. The first-order valence-electron chi connectivity index (χ1n) is 7.55. The summed E-state index contributed by atoms with van der Waals surface area (Å²) in [5.74, 6) is -0.127. The Hall–Kier alpha value is -3.06. The summed E-state index contributed by atoms with van der Waals surface area (Å²) >= 11 is 0. The van der Waals surface area contributed by atoms with Crippen LogP contribution in [0.25, 0.3) is 0 Å². The SMILES string of the molecule is C#CCC(C(=O)OCc1ccccc1)C(=O)OCc1ccccc1. The predicted molar refractivity (Wildman–Crippen MR) is 89.4 cm³/mol. The van der Waals surface area contributed by atoms with Crippen molar-refractivity contribution >= 4 is 11.9 Å². The van der Waals surface area contributed by atoms with E-state index in [4.69, 9.17) is 15.9 Å². The highest BCUT2D eigenvalue weighted by Gasteiger charge is 2.29. The van der Waals surface area contributed by atoms with Gasteiger partial charge in [-0.25, -0.2) is 0 Å². The maximum atomic E-state index is 12.1. The number of rotatable bonds is 7. The molecule has 0 fully saturated rings. The molecule has 4 nitrogen and oxygen atoms in total. The molecule has 2 rings (SSSR count). The third-order valence-corrected chi connectivity index (χ3v) is 3.34. The zero-order chi connectivity index (χ0) is 17.2. The highest BCUT2D eigenvalue weighted by molar-refractivity contribution is 5.95. The average Bonchev–Trinajstić information content (AvgIpc) is 2.64. The molecule has 0 amide bonds. The Morgan fingerprint density at radius 2 is 1.25 bits per heavy atom. The molecule has 0 aliphatic carbocycles. The van der Waals surface area contributed by atoms with E-state index in [1.165, 1.54) is 0 Å². The lowest BCUT2D eigenvalue weighted by Gasteiger charge is -2.13. The van der Waals surface area contributed by atoms with Crippen LogP contribution >= 0.6 is 0 Å². The molecule has 0 aliphatic rings. The molecule has 0 N–H and O–H groups in total. The van der Waals surface area contributed by atoms with Crippen LogP contribution in [-0.2, 0) is 32.3 Å². The molecule has 24 heavy (non-hydrogen) atoms. The van der Waals surface area contributed by atoms with E-state index in [-0.39, 0.29) is 19.6 Å². The van der Waals surface area contributed by atoms with Crippen LogP contribution in [0.2, 0.25) is 0 Å². The average molecular weight is 322 g/mol. The zero-order valence-electron chi connectivity index (χ0n) is 13.2. The Kier molecular flexibility index (Phi) is 6.60. The summed E-state index contributed by atoms with van der Waals surface area (Å²) in [7, 11) is 0. The first-order valence-corrected chi connectivity index (χ1v) is 7.55. The van der Waals surface area contributed by atoms with Gasteiger partial charge < -0.3 is 9.47 Å². The van der Waals surface area contributed by atoms with E-state index in [1.54, 1.807) is 0 Å². The molecule has 0 saturated heterocycles. The van der Waals surface area contributed by atoms with Crippen molar-refractivity contribution in [3.05, 3.63) is 71.8 Å². The zero-order valence-corrected chi connectivity index (χ0v) is 13.2. The first kappa shape index (κ1) is 17.3. The third kappa shape index (κ3) is 5.29. The van der Waals surface area contributed by atoms with Gasteiger partial charge >= 0.3 is 11.9 Å². The number of terminal acetylenes is 1. The van der Waals surface area contributed by atoms with Crippen molar-refractivity contribution in [1.82, 2.24) is 0 Å². The summed E-state index contributed by atoms with van der Waals surface area (Å²) in [4.78, 5) is 24.3. The normalized spacial score (nSPS) is 10.0. The maximum absolute atomic E-state index is 12.1. The summed E-state index contributed by atoms with van der Waals surface area (Å²) in [5, 5.41) is 0. The monoisotopic (exact) mass is 322 g/mol. The topological polar surface area (TPSA) is 52.6 Å². The van der Waals surface area contributed by atoms with Crippen molar-refractivity contribution < 1.29 is 19.1 Å². The summed E-state index contributed by atoms with van der Waals surface area (Å²) in [5.41, 5.74) is 1.67. The van der Waals surface area contributed by atoms with Crippen LogP contribution in [0.4, 0.5) is 0 Å². The molecular formula is C20H18O4. The molecule has 4 heteroatoms.